The van der Waals surface area contributed by atoms with Gasteiger partial charge in [0.05, 0.1) is 5.69 Å². The number of rotatable bonds is 6. The Bertz CT molecular complexity index is 3250. The average Bonchev–Trinajstić information content (AvgIpc) is 3.64. The molecule has 2 heteroatoms. The van der Waals surface area contributed by atoms with Crippen molar-refractivity contribution in [2.75, 3.05) is 4.90 Å². The lowest BCUT2D eigenvalue weighted by Gasteiger charge is -2.28. The molecule has 0 unspecified atom stereocenters. The van der Waals surface area contributed by atoms with Crippen molar-refractivity contribution in [2.24, 2.45) is 0 Å². The van der Waals surface area contributed by atoms with Crippen molar-refractivity contribution >= 4 is 80.9 Å². The molecular formula is C54H35NS. The largest absolute Gasteiger partial charge is 0.310 e. The number of hydrogen-bond acceptors (Lipinski definition) is 2. The number of para-hydroxylation sites is 1. The summed E-state index contributed by atoms with van der Waals surface area (Å²) in [7, 11) is 0. The lowest BCUT2D eigenvalue weighted by Crippen LogP contribution is -2.10. The number of nitrogens with zero attached hydrogens (tertiary/aromatic N) is 1. The van der Waals surface area contributed by atoms with Crippen molar-refractivity contribution in [3.63, 3.8) is 0 Å². The van der Waals surface area contributed by atoms with Crippen LogP contribution in [-0.2, 0) is 0 Å². The fourth-order valence-corrected chi connectivity index (χ4v) is 9.56. The van der Waals surface area contributed by atoms with Crippen LogP contribution in [0.4, 0.5) is 17.1 Å². The molecule has 0 radical (unpaired) electrons. The van der Waals surface area contributed by atoms with Crippen LogP contribution in [0.25, 0.3) is 85.9 Å². The molecule has 56 heavy (non-hydrogen) atoms. The molecule has 1 aromatic heterocycles. The molecule has 0 aliphatic rings. The van der Waals surface area contributed by atoms with E-state index in [1.54, 1.807) is 0 Å². The highest BCUT2D eigenvalue weighted by molar-refractivity contribution is 7.25. The molecule has 262 valence electrons. The summed E-state index contributed by atoms with van der Waals surface area (Å²) < 4.78 is 2.65. The van der Waals surface area contributed by atoms with Crippen LogP contribution in [0.15, 0.2) is 212 Å². The molecule has 0 amide bonds. The summed E-state index contributed by atoms with van der Waals surface area (Å²) in [5.74, 6) is 0. The highest BCUT2D eigenvalue weighted by Crippen LogP contribution is 2.44. The van der Waals surface area contributed by atoms with Crippen molar-refractivity contribution in [1.29, 1.82) is 0 Å². The Morgan fingerprint density at radius 1 is 0.286 bits per heavy atom. The van der Waals surface area contributed by atoms with Gasteiger partial charge in [-0.1, -0.05) is 152 Å². The molecule has 0 N–H and O–H groups in total. The van der Waals surface area contributed by atoms with Crippen molar-refractivity contribution < 1.29 is 0 Å². The number of fused-ring (bicyclic) bond motifs is 6. The van der Waals surface area contributed by atoms with Gasteiger partial charge in [0.1, 0.15) is 0 Å². The SMILES string of the molecule is c1ccc(-c2ccc3cc(-c4ccc5ccc(N(c6ccccc6)c6ccc(-c7ccc8c(c7)sc7ccccc78)c7ccccc67)cc5c4)ccc3c2)cc1. The van der Waals surface area contributed by atoms with Crippen molar-refractivity contribution in [3.8, 4) is 33.4 Å². The minimum atomic E-state index is 1.12. The van der Waals surface area contributed by atoms with Gasteiger partial charge in [-0.25, -0.2) is 0 Å². The first-order valence-corrected chi connectivity index (χ1v) is 20.0. The molecule has 1 heterocycles. The van der Waals surface area contributed by atoms with Crippen molar-refractivity contribution in [1.82, 2.24) is 0 Å². The molecule has 0 bridgehead atoms. The number of hydrogen-bond donors (Lipinski definition) is 0. The molecule has 0 spiro atoms. The Balaban J connectivity index is 1.01. The zero-order chi connectivity index (χ0) is 37.0. The van der Waals surface area contributed by atoms with Crippen LogP contribution in [0.1, 0.15) is 0 Å². The van der Waals surface area contributed by atoms with E-state index in [9.17, 15) is 0 Å². The monoisotopic (exact) mass is 729 g/mol. The van der Waals surface area contributed by atoms with Crippen molar-refractivity contribution in [2.45, 2.75) is 0 Å². The molecule has 10 aromatic carbocycles. The second-order valence-corrected chi connectivity index (χ2v) is 15.6. The van der Waals surface area contributed by atoms with Gasteiger partial charge in [0.2, 0.25) is 0 Å². The van der Waals surface area contributed by atoms with Gasteiger partial charge in [-0.05, 0) is 121 Å². The summed E-state index contributed by atoms with van der Waals surface area (Å²) in [6, 6.07) is 77.8. The average molecular weight is 730 g/mol. The highest BCUT2D eigenvalue weighted by Gasteiger charge is 2.18. The lowest BCUT2D eigenvalue weighted by atomic mass is 9.95. The maximum atomic E-state index is 2.41. The van der Waals surface area contributed by atoms with E-state index < -0.39 is 0 Å². The Hall–Kier alpha value is -7.00. The maximum Gasteiger partial charge on any atom is 0.0540 e. The van der Waals surface area contributed by atoms with E-state index in [0.717, 1.165) is 17.1 Å². The van der Waals surface area contributed by atoms with E-state index in [0.29, 0.717) is 0 Å². The zero-order valence-electron chi connectivity index (χ0n) is 30.6. The van der Waals surface area contributed by atoms with Gasteiger partial charge in [0.25, 0.3) is 0 Å². The number of anilines is 3. The van der Waals surface area contributed by atoms with Gasteiger partial charge >= 0.3 is 0 Å². The Morgan fingerprint density at radius 2 is 0.857 bits per heavy atom. The molecule has 0 fully saturated rings. The first-order valence-electron chi connectivity index (χ1n) is 19.2. The summed E-state index contributed by atoms with van der Waals surface area (Å²) in [6.45, 7) is 0. The summed E-state index contributed by atoms with van der Waals surface area (Å²) >= 11 is 1.87. The fourth-order valence-electron chi connectivity index (χ4n) is 8.42. The van der Waals surface area contributed by atoms with Gasteiger partial charge in [-0.3, -0.25) is 0 Å². The second kappa shape index (κ2) is 13.4. The van der Waals surface area contributed by atoms with Crippen molar-refractivity contribution in [3.05, 3.63) is 212 Å². The van der Waals surface area contributed by atoms with Crippen LogP contribution in [0.3, 0.4) is 0 Å². The topological polar surface area (TPSA) is 3.24 Å². The summed E-state index contributed by atoms with van der Waals surface area (Å²) in [6.07, 6.45) is 0. The molecule has 0 atom stereocenters. The molecule has 0 saturated carbocycles. The number of thiophene rings is 1. The summed E-state index contributed by atoms with van der Waals surface area (Å²) in [5.41, 5.74) is 10.8. The molecule has 1 nitrogen and oxygen atoms in total. The van der Waals surface area contributed by atoms with E-state index in [2.05, 4.69) is 217 Å². The van der Waals surface area contributed by atoms with Crippen LogP contribution in [-0.4, -0.2) is 0 Å². The molecule has 11 rings (SSSR count). The third kappa shape index (κ3) is 5.62. The van der Waals surface area contributed by atoms with Gasteiger partial charge in [0.15, 0.2) is 0 Å². The minimum absolute atomic E-state index is 1.12. The number of benzene rings is 10. The third-order valence-electron chi connectivity index (χ3n) is 11.2. The molecule has 0 aliphatic heterocycles. The first-order chi connectivity index (χ1) is 27.7. The third-order valence-corrected chi connectivity index (χ3v) is 12.3. The maximum absolute atomic E-state index is 2.41. The Kier molecular flexibility index (Phi) is 7.75. The smallest absolute Gasteiger partial charge is 0.0540 e. The highest BCUT2D eigenvalue weighted by atomic mass is 32.1. The van der Waals surface area contributed by atoms with E-state index in [-0.39, 0.29) is 0 Å². The minimum Gasteiger partial charge on any atom is -0.310 e. The van der Waals surface area contributed by atoms with Gasteiger partial charge < -0.3 is 4.90 Å². The molecule has 0 aliphatic carbocycles. The van der Waals surface area contributed by atoms with E-state index in [1.165, 1.54) is 85.9 Å². The standard InChI is InChI=1S/C54H35NS/c1-3-11-36(12-4-1)38-21-22-40-32-41(24-23-39(40)31-38)42-20-19-37-25-27-46(34-44(37)33-42)55(45-13-5-2-6-14-45)52-30-29-47(48-15-7-8-16-49(48)52)43-26-28-51-50-17-9-10-18-53(50)56-54(51)35-43/h1-35H. The predicted molar refractivity (Wildman–Crippen MR) is 243 cm³/mol. The molecule has 0 saturated heterocycles. The second-order valence-electron chi connectivity index (χ2n) is 14.5. The predicted octanol–water partition coefficient (Wildman–Crippen LogP) is 16.0. The zero-order valence-corrected chi connectivity index (χ0v) is 31.4. The Morgan fingerprint density at radius 3 is 1.62 bits per heavy atom. The molecular weight excluding hydrogens is 695 g/mol. The van der Waals surface area contributed by atoms with Crippen LogP contribution in [0, 0.1) is 0 Å². The fraction of sp³-hybridized carbons (Fsp3) is 0. The van der Waals surface area contributed by atoms with Gasteiger partial charge in [-0.2, -0.15) is 0 Å². The summed E-state index contributed by atoms with van der Waals surface area (Å²) in [5, 5.41) is 10.0. The van der Waals surface area contributed by atoms with Crippen LogP contribution < -0.4 is 4.90 Å². The first kappa shape index (κ1) is 32.4. The van der Waals surface area contributed by atoms with Crippen LogP contribution in [0.2, 0.25) is 0 Å². The lowest BCUT2D eigenvalue weighted by molar-refractivity contribution is 1.30. The van der Waals surface area contributed by atoms with E-state index >= 15 is 0 Å². The normalized spacial score (nSPS) is 11.6. The van der Waals surface area contributed by atoms with E-state index in [4.69, 9.17) is 0 Å². The van der Waals surface area contributed by atoms with Gasteiger partial charge in [-0.15, -0.1) is 11.3 Å². The summed E-state index contributed by atoms with van der Waals surface area (Å²) in [4.78, 5) is 2.41. The molecule has 11 aromatic rings. The van der Waals surface area contributed by atoms with Crippen LogP contribution in [0.5, 0.6) is 0 Å². The Labute approximate surface area is 330 Å². The van der Waals surface area contributed by atoms with Crippen LogP contribution >= 0.6 is 11.3 Å². The van der Waals surface area contributed by atoms with E-state index in [1.807, 2.05) is 11.3 Å². The quantitative estimate of drug-likeness (QED) is 0.165. The van der Waals surface area contributed by atoms with Gasteiger partial charge in [0, 0.05) is 36.9 Å².